The van der Waals surface area contributed by atoms with E-state index in [1.807, 2.05) is 98.1 Å². The lowest BCUT2D eigenvalue weighted by Gasteiger charge is -2.19. The summed E-state index contributed by atoms with van der Waals surface area (Å²) in [6, 6.07) is 71.8. The van der Waals surface area contributed by atoms with Crippen molar-refractivity contribution in [3.63, 3.8) is 0 Å². The van der Waals surface area contributed by atoms with E-state index in [1.54, 1.807) is 0 Å². The van der Waals surface area contributed by atoms with E-state index in [4.69, 9.17) is 0 Å². The van der Waals surface area contributed by atoms with Crippen molar-refractivity contribution in [3.05, 3.63) is 295 Å². The van der Waals surface area contributed by atoms with E-state index >= 15 is 0 Å². The van der Waals surface area contributed by atoms with Crippen LogP contribution < -0.4 is 0 Å². The van der Waals surface area contributed by atoms with Crippen LogP contribution in [0.5, 0.6) is 0 Å². The molecule has 0 amide bonds. The van der Waals surface area contributed by atoms with Crippen LogP contribution in [0, 0.1) is 0 Å². The highest BCUT2D eigenvalue weighted by atomic mass is 14.7. The van der Waals surface area contributed by atoms with E-state index in [1.165, 1.54) is 81.7 Å². The van der Waals surface area contributed by atoms with Crippen molar-refractivity contribution in [2.45, 2.75) is 183 Å². The Hall–Kier alpha value is -9.59. The van der Waals surface area contributed by atoms with Crippen LogP contribution in [0.1, 0.15) is 185 Å². The van der Waals surface area contributed by atoms with Crippen LogP contribution in [0.3, 0.4) is 0 Å². The normalized spacial score (nSPS) is 11.9. The molecule has 7 heterocycles. The molecule has 0 unspecified atom stereocenters. The molecule has 0 bridgehead atoms. The predicted octanol–water partition coefficient (Wildman–Crippen LogP) is 24.7. The van der Waals surface area contributed by atoms with Gasteiger partial charge in [-0.25, -0.2) is 0 Å². The van der Waals surface area contributed by atoms with Gasteiger partial charge in [-0.2, -0.15) is 0 Å². The van der Waals surface area contributed by atoms with Gasteiger partial charge in [0.05, 0.1) is 22.1 Å². The third kappa shape index (κ3) is 21.2. The summed E-state index contributed by atoms with van der Waals surface area (Å²) in [7, 11) is 0. The van der Waals surface area contributed by atoms with Gasteiger partial charge in [-0.05, 0) is 150 Å². The Morgan fingerprint density at radius 1 is 0.194 bits per heavy atom. The zero-order chi connectivity index (χ0) is 71.3. The first-order chi connectivity index (χ1) is 46.0. The Kier molecular flexibility index (Phi) is 23.7. The third-order valence-electron chi connectivity index (χ3n) is 17.2. The number of pyridine rings is 7. The van der Waals surface area contributed by atoms with Gasteiger partial charge in [-0.3, -0.25) is 34.9 Å². The van der Waals surface area contributed by atoms with Crippen molar-refractivity contribution in [2.24, 2.45) is 0 Å². The highest BCUT2D eigenvalue weighted by Gasteiger charge is 2.20. The van der Waals surface area contributed by atoms with Gasteiger partial charge in [-0.15, -0.1) is 0 Å². The zero-order valence-electron chi connectivity index (χ0n) is 62.4. The lowest BCUT2D eigenvalue weighted by atomic mass is 9.86. The van der Waals surface area contributed by atoms with E-state index < -0.39 is 0 Å². The van der Waals surface area contributed by atoms with E-state index in [2.05, 4.69) is 338 Å². The molecule has 0 fully saturated rings. The molecular weight excluding hydrogens is 1190 g/mol. The van der Waals surface area contributed by atoms with Crippen LogP contribution in [0.25, 0.3) is 75.9 Å². The average Bonchev–Trinajstić information content (AvgIpc) is 0.876. The molecule has 0 radical (unpaired) electrons. The molecule has 0 aliphatic heterocycles. The monoisotopic (exact) mass is 1300 g/mol. The van der Waals surface area contributed by atoms with Crippen LogP contribution in [0.15, 0.2) is 256 Å². The van der Waals surface area contributed by atoms with Crippen molar-refractivity contribution in [1.29, 1.82) is 0 Å². The molecule has 14 rings (SSSR count). The van der Waals surface area contributed by atoms with E-state index in [9.17, 15) is 0 Å². The van der Waals surface area contributed by atoms with Gasteiger partial charge in [0.25, 0.3) is 0 Å². The van der Waals surface area contributed by atoms with E-state index in [0.717, 1.165) is 33.5 Å². The summed E-state index contributed by atoms with van der Waals surface area (Å²) in [5.41, 5.74) is 14.6. The molecular formula is C91H105N7. The zero-order valence-corrected chi connectivity index (χ0v) is 62.4. The Balaban J connectivity index is 0.000000146. The molecule has 0 aliphatic rings. The number of para-hydroxylation sites is 2. The number of hydrogen-bond donors (Lipinski definition) is 0. The molecule has 7 nitrogen and oxygen atoms in total. The van der Waals surface area contributed by atoms with Crippen LogP contribution in [0.2, 0.25) is 0 Å². The van der Waals surface area contributed by atoms with Crippen molar-refractivity contribution >= 4 is 75.9 Å². The molecule has 0 aliphatic carbocycles. The third-order valence-corrected chi connectivity index (χ3v) is 17.2. The van der Waals surface area contributed by atoms with Crippen LogP contribution >= 0.6 is 0 Å². The summed E-state index contributed by atoms with van der Waals surface area (Å²) >= 11 is 0. The Labute approximate surface area is 585 Å². The second-order valence-electron chi connectivity index (χ2n) is 32.7. The summed E-state index contributed by atoms with van der Waals surface area (Å²) in [4.78, 5) is 30.5. The molecule has 98 heavy (non-hydrogen) atoms. The smallest absolute Gasteiger partial charge is 0.0705 e. The van der Waals surface area contributed by atoms with Crippen LogP contribution in [-0.4, -0.2) is 34.9 Å². The van der Waals surface area contributed by atoms with Gasteiger partial charge in [0.1, 0.15) is 0 Å². The van der Waals surface area contributed by atoms with Gasteiger partial charge >= 0.3 is 0 Å². The second-order valence-corrected chi connectivity index (χ2v) is 32.7. The molecule has 0 N–H and O–H groups in total. The van der Waals surface area contributed by atoms with Gasteiger partial charge in [-0.1, -0.05) is 273 Å². The first-order valence-electron chi connectivity index (χ1n) is 34.5. The van der Waals surface area contributed by atoms with E-state index in [0.29, 0.717) is 0 Å². The minimum absolute atomic E-state index is 0.129. The summed E-state index contributed by atoms with van der Waals surface area (Å²) in [5, 5.41) is 12.3. The summed E-state index contributed by atoms with van der Waals surface area (Å²) in [5.74, 6) is 0. The molecule has 7 aromatic carbocycles. The number of aromatic nitrogens is 7. The SMILES string of the molecule is CC(C)(C)c1cc2ccccc2cn1.CC(C)(C)c1ccc2ccccc2n1.CC(C)(C)c1ccc2cccnc2c1.CC(C)(C)c1ccc2ccncc2c1.CC(C)(C)c1ccc2cnccc2c1.CC(C)(C)c1ccc2ncccc2c1.CC(C)(C)c1cnc2ccccc2c1. The lowest BCUT2D eigenvalue weighted by Crippen LogP contribution is -2.13. The van der Waals surface area contributed by atoms with Crippen molar-refractivity contribution in [3.8, 4) is 0 Å². The van der Waals surface area contributed by atoms with Gasteiger partial charge in [0.15, 0.2) is 0 Å². The van der Waals surface area contributed by atoms with E-state index in [-0.39, 0.29) is 37.9 Å². The van der Waals surface area contributed by atoms with Gasteiger partial charge in [0, 0.05) is 109 Å². The Bertz CT molecular complexity index is 4040. The molecule has 0 saturated carbocycles. The number of fused-ring (bicyclic) bond motifs is 7. The fourth-order valence-electron chi connectivity index (χ4n) is 10.6. The number of nitrogens with zero attached hydrogens (tertiary/aromatic N) is 7. The Morgan fingerprint density at radius 3 is 1.15 bits per heavy atom. The topological polar surface area (TPSA) is 90.2 Å². The van der Waals surface area contributed by atoms with Crippen molar-refractivity contribution in [1.82, 2.24) is 34.9 Å². The molecule has 7 heteroatoms. The fraction of sp³-hybridized carbons (Fsp3) is 0.308. The fourth-order valence-corrected chi connectivity index (χ4v) is 10.6. The Morgan fingerprint density at radius 2 is 0.571 bits per heavy atom. The van der Waals surface area contributed by atoms with Crippen molar-refractivity contribution < 1.29 is 0 Å². The standard InChI is InChI=1S/7C13H15N/c1-13(2,3)12-5-4-11-9-14-7-6-10(11)8-12;1-13(2,3)12-5-4-10-6-7-14-9-11(10)8-12;1-13(2,3)11-6-7-12-10(9-11)5-4-8-14-12;1-13(2,3)11-7-6-10-5-4-8-14-12(10)9-11;1-13(2,3)11-8-10-6-4-5-7-12(10)14-9-11;1-13(2,3)12-8-10-6-4-5-7-11(10)9-14-12;1-13(2,3)12-9-8-10-6-4-5-7-11(10)14-12/h7*4-9H,1-3H3. The maximum Gasteiger partial charge on any atom is 0.0705 e. The lowest BCUT2D eigenvalue weighted by molar-refractivity contribution is 0.570. The maximum absolute atomic E-state index is 4.65. The molecule has 7 aromatic heterocycles. The number of hydrogen-bond acceptors (Lipinski definition) is 7. The first kappa shape index (κ1) is 74.2. The molecule has 0 spiro atoms. The van der Waals surface area contributed by atoms with Crippen molar-refractivity contribution in [2.75, 3.05) is 0 Å². The summed E-state index contributed by atoms with van der Waals surface area (Å²) in [6.45, 7) is 46.4. The van der Waals surface area contributed by atoms with Gasteiger partial charge < -0.3 is 0 Å². The molecule has 0 saturated heterocycles. The highest BCUT2D eigenvalue weighted by molar-refractivity contribution is 5.85. The largest absolute Gasteiger partial charge is 0.264 e. The second kappa shape index (κ2) is 31.3. The van der Waals surface area contributed by atoms with Gasteiger partial charge in [0.2, 0.25) is 0 Å². The quantitative estimate of drug-likeness (QED) is 0.149. The average molecular weight is 1300 g/mol. The molecule has 504 valence electrons. The van der Waals surface area contributed by atoms with Crippen LogP contribution in [-0.2, 0) is 37.9 Å². The maximum atomic E-state index is 4.65. The summed E-state index contributed by atoms with van der Waals surface area (Å²) in [6.07, 6.45) is 15.1. The number of rotatable bonds is 0. The minimum Gasteiger partial charge on any atom is -0.264 e. The van der Waals surface area contributed by atoms with Crippen LogP contribution in [0.4, 0.5) is 0 Å². The predicted molar refractivity (Wildman–Crippen MR) is 423 cm³/mol. The first-order valence-corrected chi connectivity index (χ1v) is 34.5. The highest BCUT2D eigenvalue weighted by Crippen LogP contribution is 2.31. The minimum atomic E-state index is 0.129. The summed E-state index contributed by atoms with van der Waals surface area (Å²) < 4.78 is 0. The molecule has 14 aromatic rings. The number of benzene rings is 7. The molecule has 0 atom stereocenters.